The molecule has 2 N–H and O–H groups in total. The Balaban J connectivity index is 2.30. The zero-order valence-corrected chi connectivity index (χ0v) is 35.1. The van der Waals surface area contributed by atoms with Crippen LogP contribution in [0.5, 0.6) is 0 Å². The van der Waals surface area contributed by atoms with Gasteiger partial charge in [0.05, 0.1) is 12.2 Å². The smallest absolute Gasteiger partial charge is 0.305 e. The summed E-state index contributed by atoms with van der Waals surface area (Å²) in [7, 11) is 3.99. The molecular weight excluding hydrogens is 663 g/mol. The number of unbranched alkanes of at least 4 members (excludes halogenated alkanes) is 15. The largest absolute Gasteiger partial charge is 0.464 e. The van der Waals surface area contributed by atoms with Crippen molar-refractivity contribution >= 4 is 27.6 Å². The molecule has 1 saturated heterocycles. The summed E-state index contributed by atoms with van der Waals surface area (Å²) in [6.07, 6.45) is 24.7. The van der Waals surface area contributed by atoms with Gasteiger partial charge in [0.15, 0.2) is 0 Å². The number of carbonyl (C=O) groups excluding carboxylic acids is 1. The fourth-order valence-corrected chi connectivity index (χ4v) is 8.94. The Hall–Kier alpha value is -0.0300. The Morgan fingerprint density at radius 2 is 1.14 bits per heavy atom. The minimum absolute atomic E-state index is 0.129. The predicted molar refractivity (Wildman–Crippen MR) is 220 cm³/mol. The van der Waals surface area contributed by atoms with Crippen molar-refractivity contribution in [1.82, 2.24) is 14.7 Å². The number of piperazine rings is 1. The van der Waals surface area contributed by atoms with Gasteiger partial charge in [0, 0.05) is 63.2 Å². The first-order chi connectivity index (χ1) is 24.3. The first kappa shape index (κ1) is 48.0. The van der Waals surface area contributed by atoms with Crippen LogP contribution >= 0.6 is 21.6 Å². The van der Waals surface area contributed by atoms with Gasteiger partial charge in [0.2, 0.25) is 0 Å². The van der Waals surface area contributed by atoms with Gasteiger partial charge in [-0.15, -0.1) is 0 Å². The molecule has 0 bridgehead atoms. The van der Waals surface area contributed by atoms with E-state index in [1.807, 2.05) is 21.6 Å². The molecule has 1 rings (SSSR count). The van der Waals surface area contributed by atoms with Gasteiger partial charge >= 0.3 is 5.97 Å². The number of ether oxygens (including phenoxy) is 1. The van der Waals surface area contributed by atoms with E-state index in [1.54, 1.807) is 0 Å². The minimum Gasteiger partial charge on any atom is -0.464 e. The van der Waals surface area contributed by atoms with E-state index >= 15 is 0 Å². The number of esters is 1. The van der Waals surface area contributed by atoms with Crippen molar-refractivity contribution in [3.8, 4) is 0 Å². The van der Waals surface area contributed by atoms with Crippen LogP contribution in [-0.4, -0.2) is 120 Å². The van der Waals surface area contributed by atoms with Crippen LogP contribution in [0.25, 0.3) is 0 Å². The summed E-state index contributed by atoms with van der Waals surface area (Å²) in [5, 5.41) is 22.4. The zero-order chi connectivity index (χ0) is 36.5. The molecular formula is C41H83N3O4S2. The molecule has 0 aliphatic carbocycles. The van der Waals surface area contributed by atoms with Gasteiger partial charge in [-0.2, -0.15) is 0 Å². The highest BCUT2D eigenvalue weighted by Crippen LogP contribution is 2.27. The summed E-state index contributed by atoms with van der Waals surface area (Å²) in [6, 6.07) is 0. The SMILES string of the molecule is CCCCCCCCCCC(O)CN(CCCC(=O)OCCN1CCN(CCCCSSC(C)C)CC1)CC(O)CCCCCCCCCC. The van der Waals surface area contributed by atoms with Crippen LogP contribution in [0.4, 0.5) is 0 Å². The van der Waals surface area contributed by atoms with Gasteiger partial charge in [0.1, 0.15) is 6.61 Å². The Kier molecular flexibility index (Phi) is 33.3. The van der Waals surface area contributed by atoms with E-state index in [-0.39, 0.29) is 18.2 Å². The second-order valence-corrected chi connectivity index (χ2v) is 18.3. The molecule has 0 amide bonds. The highest BCUT2D eigenvalue weighted by atomic mass is 33.1. The lowest BCUT2D eigenvalue weighted by molar-refractivity contribution is -0.144. The number of rotatable bonds is 36. The maximum atomic E-state index is 12.6. The van der Waals surface area contributed by atoms with E-state index in [2.05, 4.69) is 42.4 Å². The summed E-state index contributed by atoms with van der Waals surface area (Å²) >= 11 is 0. The molecule has 298 valence electrons. The molecule has 7 nitrogen and oxygen atoms in total. The molecule has 0 spiro atoms. The molecule has 1 heterocycles. The average molecular weight is 746 g/mol. The Bertz CT molecular complexity index is 715. The van der Waals surface area contributed by atoms with Gasteiger partial charge in [-0.1, -0.05) is 152 Å². The maximum Gasteiger partial charge on any atom is 0.305 e. The van der Waals surface area contributed by atoms with E-state index in [9.17, 15) is 15.0 Å². The standard InChI is InChI=1S/C41H83N3O4S2/c1-5-7-9-11-13-15-17-19-24-39(45)36-44(37-40(46)25-20-18-16-14-12-10-8-6-2)28-23-26-41(47)48-34-33-43-31-29-42(30-32-43)27-21-22-35-49-50-38(3)4/h38-40,45-46H,5-37H2,1-4H3. The lowest BCUT2D eigenvalue weighted by atomic mass is 10.0. The molecule has 0 radical (unpaired) electrons. The number of carbonyl (C=O) groups is 1. The van der Waals surface area contributed by atoms with E-state index in [1.165, 1.54) is 115 Å². The molecule has 50 heavy (non-hydrogen) atoms. The summed E-state index contributed by atoms with van der Waals surface area (Å²) in [5.41, 5.74) is 0. The van der Waals surface area contributed by atoms with Crippen molar-refractivity contribution in [2.24, 2.45) is 0 Å². The van der Waals surface area contributed by atoms with E-state index in [4.69, 9.17) is 4.74 Å². The molecule has 9 heteroatoms. The first-order valence-electron chi connectivity index (χ1n) is 21.3. The van der Waals surface area contributed by atoms with Crippen molar-refractivity contribution in [3.05, 3.63) is 0 Å². The van der Waals surface area contributed by atoms with Crippen LogP contribution in [0.1, 0.15) is 169 Å². The van der Waals surface area contributed by atoms with Crippen molar-refractivity contribution in [1.29, 1.82) is 0 Å². The van der Waals surface area contributed by atoms with Gasteiger partial charge in [-0.25, -0.2) is 0 Å². The third-order valence-electron chi connectivity index (χ3n) is 9.92. The predicted octanol–water partition coefficient (Wildman–Crippen LogP) is 9.58. The summed E-state index contributed by atoms with van der Waals surface area (Å²) in [6.45, 7) is 17.6. The minimum atomic E-state index is -0.384. The Morgan fingerprint density at radius 1 is 0.660 bits per heavy atom. The number of hydrogen-bond donors (Lipinski definition) is 2. The quantitative estimate of drug-likeness (QED) is 0.0371. The molecule has 2 unspecified atom stereocenters. The lowest BCUT2D eigenvalue weighted by Crippen LogP contribution is -2.47. The van der Waals surface area contributed by atoms with Gasteiger partial charge in [0.25, 0.3) is 0 Å². The Labute approximate surface area is 318 Å². The average Bonchev–Trinajstić information content (AvgIpc) is 3.09. The molecule has 1 fully saturated rings. The molecule has 1 aliphatic heterocycles. The van der Waals surface area contributed by atoms with E-state index in [0.29, 0.717) is 44.3 Å². The third kappa shape index (κ3) is 30.4. The second-order valence-electron chi connectivity index (χ2n) is 15.3. The number of nitrogens with zero attached hydrogens (tertiary/aromatic N) is 3. The van der Waals surface area contributed by atoms with Crippen LogP contribution in [0, 0.1) is 0 Å². The van der Waals surface area contributed by atoms with Crippen LogP contribution < -0.4 is 0 Å². The van der Waals surface area contributed by atoms with Crippen LogP contribution in [0.15, 0.2) is 0 Å². The molecule has 2 atom stereocenters. The lowest BCUT2D eigenvalue weighted by Gasteiger charge is -2.34. The highest BCUT2D eigenvalue weighted by molar-refractivity contribution is 8.76. The van der Waals surface area contributed by atoms with Gasteiger partial charge in [-0.3, -0.25) is 14.6 Å². The zero-order valence-electron chi connectivity index (χ0n) is 33.4. The van der Waals surface area contributed by atoms with Crippen molar-refractivity contribution < 1.29 is 19.7 Å². The number of aliphatic hydroxyl groups excluding tert-OH is 2. The highest BCUT2D eigenvalue weighted by Gasteiger charge is 2.18. The van der Waals surface area contributed by atoms with Crippen molar-refractivity contribution in [2.75, 3.05) is 71.3 Å². The van der Waals surface area contributed by atoms with Crippen molar-refractivity contribution in [3.63, 3.8) is 0 Å². The number of hydrogen-bond acceptors (Lipinski definition) is 9. The van der Waals surface area contributed by atoms with E-state index in [0.717, 1.165) is 58.4 Å². The second kappa shape index (κ2) is 34.7. The van der Waals surface area contributed by atoms with Crippen LogP contribution in [0.3, 0.4) is 0 Å². The monoisotopic (exact) mass is 746 g/mol. The molecule has 0 saturated carbocycles. The third-order valence-corrected chi connectivity index (χ3v) is 13.0. The van der Waals surface area contributed by atoms with Crippen LogP contribution in [0.2, 0.25) is 0 Å². The fraction of sp³-hybridized carbons (Fsp3) is 0.976. The molecule has 1 aliphatic rings. The van der Waals surface area contributed by atoms with Gasteiger partial charge < -0.3 is 19.8 Å². The van der Waals surface area contributed by atoms with Gasteiger partial charge in [-0.05, 0) is 45.2 Å². The first-order valence-corrected chi connectivity index (χ1v) is 23.7. The van der Waals surface area contributed by atoms with Crippen molar-refractivity contribution in [2.45, 2.75) is 186 Å². The summed E-state index contributed by atoms with van der Waals surface area (Å²) in [5.74, 6) is 1.12. The fourth-order valence-electron chi connectivity index (χ4n) is 6.79. The maximum absolute atomic E-state index is 12.6. The molecule has 0 aromatic rings. The van der Waals surface area contributed by atoms with Crippen LogP contribution in [-0.2, 0) is 9.53 Å². The number of aliphatic hydroxyl groups is 2. The van der Waals surface area contributed by atoms with E-state index < -0.39 is 0 Å². The topological polar surface area (TPSA) is 76.5 Å². The molecule has 0 aromatic carbocycles. The normalized spacial score (nSPS) is 15.7. The summed E-state index contributed by atoms with van der Waals surface area (Å²) in [4.78, 5) is 19.8. The summed E-state index contributed by atoms with van der Waals surface area (Å²) < 4.78 is 5.63. The Morgan fingerprint density at radius 3 is 1.64 bits per heavy atom. The molecule has 0 aromatic heterocycles.